The summed E-state index contributed by atoms with van der Waals surface area (Å²) in [5.41, 5.74) is 1.76. The molecule has 0 aromatic heterocycles. The van der Waals surface area contributed by atoms with Crippen LogP contribution < -0.4 is 0 Å². The average molecular weight is 204 g/mol. The monoisotopic (exact) mass is 204 g/mol. The van der Waals surface area contributed by atoms with E-state index >= 15 is 0 Å². The third kappa shape index (κ3) is 1.92. The number of fused-ring (bicyclic) bond motifs is 1. The molecule has 2 atom stereocenters. The summed E-state index contributed by atoms with van der Waals surface area (Å²) in [4.78, 5) is 10.8. The van der Waals surface area contributed by atoms with Gasteiger partial charge in [-0.05, 0) is 17.2 Å². The summed E-state index contributed by atoms with van der Waals surface area (Å²) in [5, 5.41) is 9.94. The Morgan fingerprint density at radius 2 is 2.13 bits per heavy atom. The molecular weight excluding hydrogens is 192 g/mol. The van der Waals surface area contributed by atoms with Gasteiger partial charge >= 0.3 is 5.97 Å². The summed E-state index contributed by atoms with van der Waals surface area (Å²) in [7, 11) is 0. The Morgan fingerprint density at radius 3 is 2.87 bits per heavy atom. The summed E-state index contributed by atoms with van der Waals surface area (Å²) in [6.45, 7) is 1.33. The van der Waals surface area contributed by atoms with Crippen LogP contribution in [0.1, 0.15) is 24.2 Å². The van der Waals surface area contributed by atoms with E-state index in [0.29, 0.717) is 0 Å². The van der Waals surface area contributed by atoms with E-state index in [4.69, 9.17) is 4.74 Å². The van der Waals surface area contributed by atoms with Gasteiger partial charge in [0.1, 0.15) is 6.10 Å². The summed E-state index contributed by atoms with van der Waals surface area (Å²) in [6.07, 6.45) is 2.22. The molecule has 0 amide bonds. The molecule has 0 bridgehead atoms. The van der Waals surface area contributed by atoms with Gasteiger partial charge in [-0.15, -0.1) is 0 Å². The number of esters is 1. The van der Waals surface area contributed by atoms with Crippen molar-refractivity contribution in [1.82, 2.24) is 0 Å². The van der Waals surface area contributed by atoms with Crippen LogP contribution in [0.15, 0.2) is 30.3 Å². The maximum Gasteiger partial charge on any atom is 0.303 e. The molecule has 0 heterocycles. The minimum Gasteiger partial charge on any atom is -0.455 e. The second-order valence-corrected chi connectivity index (χ2v) is 3.51. The topological polar surface area (TPSA) is 46.5 Å². The van der Waals surface area contributed by atoms with E-state index < -0.39 is 12.2 Å². The molecule has 1 aliphatic rings. The van der Waals surface area contributed by atoms with Crippen molar-refractivity contribution in [3.8, 4) is 0 Å². The number of rotatable bonds is 1. The molecule has 1 aromatic rings. The van der Waals surface area contributed by atoms with Gasteiger partial charge < -0.3 is 9.84 Å². The first-order chi connectivity index (χ1) is 7.18. The Balaban J connectivity index is 2.29. The first-order valence-electron chi connectivity index (χ1n) is 4.81. The maximum atomic E-state index is 10.8. The molecule has 0 radical (unpaired) electrons. The van der Waals surface area contributed by atoms with Crippen molar-refractivity contribution < 1.29 is 14.6 Å². The average Bonchev–Trinajstić information content (AvgIpc) is 2.22. The van der Waals surface area contributed by atoms with E-state index in [1.165, 1.54) is 6.92 Å². The number of ether oxygens (including phenoxy) is 1. The fourth-order valence-electron chi connectivity index (χ4n) is 1.71. The second kappa shape index (κ2) is 3.87. The predicted octanol–water partition coefficient (Wildman–Crippen LogP) is 1.68. The number of aliphatic hydroxyl groups is 1. The zero-order chi connectivity index (χ0) is 10.8. The van der Waals surface area contributed by atoms with Gasteiger partial charge in [0, 0.05) is 6.92 Å². The van der Waals surface area contributed by atoms with Crippen LogP contribution in [0.25, 0.3) is 6.08 Å². The number of hydrogen-bond acceptors (Lipinski definition) is 3. The SMILES string of the molecule is CC(=O)O[C@@H]1C=Cc2ccccc2C1O. The van der Waals surface area contributed by atoms with E-state index in [-0.39, 0.29) is 5.97 Å². The van der Waals surface area contributed by atoms with Crippen molar-refractivity contribution >= 4 is 12.0 Å². The molecule has 3 heteroatoms. The molecule has 3 nitrogen and oxygen atoms in total. The maximum absolute atomic E-state index is 10.8. The fourth-order valence-corrected chi connectivity index (χ4v) is 1.71. The number of hydrogen-bond donors (Lipinski definition) is 1. The van der Waals surface area contributed by atoms with Gasteiger partial charge in [0.25, 0.3) is 0 Å². The van der Waals surface area contributed by atoms with Crippen LogP contribution in [0.3, 0.4) is 0 Å². The van der Waals surface area contributed by atoms with Crippen molar-refractivity contribution in [3.63, 3.8) is 0 Å². The third-order valence-electron chi connectivity index (χ3n) is 2.39. The zero-order valence-corrected chi connectivity index (χ0v) is 8.38. The Morgan fingerprint density at radius 1 is 1.40 bits per heavy atom. The van der Waals surface area contributed by atoms with Crippen LogP contribution in [0.5, 0.6) is 0 Å². The van der Waals surface area contributed by atoms with Crippen molar-refractivity contribution in [1.29, 1.82) is 0 Å². The lowest BCUT2D eigenvalue weighted by Gasteiger charge is -2.24. The molecule has 0 saturated carbocycles. The highest BCUT2D eigenvalue weighted by Gasteiger charge is 2.25. The Labute approximate surface area is 88.0 Å². The second-order valence-electron chi connectivity index (χ2n) is 3.51. The van der Waals surface area contributed by atoms with Crippen LogP contribution in [0, 0.1) is 0 Å². The summed E-state index contributed by atoms with van der Waals surface area (Å²) < 4.78 is 4.98. The van der Waals surface area contributed by atoms with Crippen molar-refractivity contribution in [2.45, 2.75) is 19.1 Å². The van der Waals surface area contributed by atoms with Crippen LogP contribution in [0.4, 0.5) is 0 Å². The molecule has 2 rings (SSSR count). The van der Waals surface area contributed by atoms with Gasteiger partial charge in [-0.3, -0.25) is 4.79 Å². The Hall–Kier alpha value is -1.61. The number of benzene rings is 1. The number of carbonyl (C=O) groups is 1. The zero-order valence-electron chi connectivity index (χ0n) is 8.38. The van der Waals surface area contributed by atoms with Crippen LogP contribution in [-0.4, -0.2) is 17.2 Å². The smallest absolute Gasteiger partial charge is 0.303 e. The molecule has 1 aromatic carbocycles. The van der Waals surface area contributed by atoms with E-state index in [9.17, 15) is 9.90 Å². The van der Waals surface area contributed by atoms with E-state index in [1.807, 2.05) is 30.3 Å². The van der Waals surface area contributed by atoms with Crippen LogP contribution >= 0.6 is 0 Å². The molecule has 1 aliphatic carbocycles. The largest absolute Gasteiger partial charge is 0.455 e. The first-order valence-corrected chi connectivity index (χ1v) is 4.81. The van der Waals surface area contributed by atoms with Crippen molar-refractivity contribution in [3.05, 3.63) is 41.5 Å². The Kier molecular flexibility index (Phi) is 2.56. The Bertz CT molecular complexity index is 409. The lowest BCUT2D eigenvalue weighted by atomic mass is 9.93. The number of aliphatic hydroxyl groups excluding tert-OH is 1. The highest BCUT2D eigenvalue weighted by Crippen LogP contribution is 2.29. The minimum atomic E-state index is -0.768. The molecule has 0 saturated heterocycles. The lowest BCUT2D eigenvalue weighted by molar-refractivity contribution is -0.149. The molecule has 0 aliphatic heterocycles. The van der Waals surface area contributed by atoms with E-state index in [2.05, 4.69) is 0 Å². The van der Waals surface area contributed by atoms with Gasteiger partial charge in [0.2, 0.25) is 0 Å². The highest BCUT2D eigenvalue weighted by molar-refractivity contribution is 5.67. The quantitative estimate of drug-likeness (QED) is 0.708. The molecule has 15 heavy (non-hydrogen) atoms. The van der Waals surface area contributed by atoms with E-state index in [1.54, 1.807) is 6.08 Å². The van der Waals surface area contributed by atoms with Gasteiger partial charge in [0.05, 0.1) is 0 Å². The molecule has 0 spiro atoms. The standard InChI is InChI=1S/C12H12O3/c1-8(13)15-11-7-6-9-4-2-3-5-10(9)12(11)14/h2-7,11-12,14H,1H3/t11-,12?/m1/s1. The summed E-state index contributed by atoms with van der Waals surface area (Å²) in [5.74, 6) is -0.386. The highest BCUT2D eigenvalue weighted by atomic mass is 16.6. The van der Waals surface area contributed by atoms with Gasteiger partial charge in [-0.1, -0.05) is 30.3 Å². The molecule has 1 unspecified atom stereocenters. The molecule has 0 fully saturated rings. The normalized spacial score (nSPS) is 23.3. The summed E-state index contributed by atoms with van der Waals surface area (Å²) >= 11 is 0. The van der Waals surface area contributed by atoms with Gasteiger partial charge in [-0.2, -0.15) is 0 Å². The molecule has 1 N–H and O–H groups in total. The van der Waals surface area contributed by atoms with Crippen LogP contribution in [0.2, 0.25) is 0 Å². The first kappa shape index (κ1) is 9.93. The number of carbonyl (C=O) groups excluding carboxylic acids is 1. The molecular formula is C12H12O3. The van der Waals surface area contributed by atoms with Gasteiger partial charge in [0.15, 0.2) is 6.10 Å². The van der Waals surface area contributed by atoms with Crippen molar-refractivity contribution in [2.75, 3.05) is 0 Å². The third-order valence-corrected chi connectivity index (χ3v) is 2.39. The lowest BCUT2D eigenvalue weighted by Crippen LogP contribution is -2.25. The fraction of sp³-hybridized carbons (Fsp3) is 0.250. The van der Waals surface area contributed by atoms with Crippen LogP contribution in [-0.2, 0) is 9.53 Å². The minimum absolute atomic E-state index is 0.386. The molecule has 78 valence electrons. The predicted molar refractivity (Wildman–Crippen MR) is 56.0 cm³/mol. The van der Waals surface area contributed by atoms with E-state index in [0.717, 1.165) is 11.1 Å². The van der Waals surface area contributed by atoms with Crippen molar-refractivity contribution in [2.24, 2.45) is 0 Å². The van der Waals surface area contributed by atoms with Gasteiger partial charge in [-0.25, -0.2) is 0 Å². The summed E-state index contributed by atoms with van der Waals surface area (Å²) in [6, 6.07) is 7.51.